The van der Waals surface area contributed by atoms with Crippen LogP contribution in [0.4, 0.5) is 0 Å². The zero-order chi connectivity index (χ0) is 15.3. The van der Waals surface area contributed by atoms with E-state index in [0.29, 0.717) is 12.5 Å². The number of ether oxygens (including phenoxy) is 1. The van der Waals surface area contributed by atoms with Crippen molar-refractivity contribution >= 4 is 0 Å². The number of benzene rings is 1. The first-order valence-corrected chi connectivity index (χ1v) is 7.92. The van der Waals surface area contributed by atoms with Crippen molar-refractivity contribution < 1.29 is 9.84 Å². The lowest BCUT2D eigenvalue weighted by Gasteiger charge is -2.40. The molecule has 0 bridgehead atoms. The van der Waals surface area contributed by atoms with Crippen molar-refractivity contribution in [2.75, 3.05) is 26.2 Å². The highest BCUT2D eigenvalue weighted by molar-refractivity contribution is 5.22. The Bertz CT molecular complexity index is 426. The Hall–Kier alpha value is -0.940. The molecule has 1 aromatic carbocycles. The van der Waals surface area contributed by atoms with Gasteiger partial charge >= 0.3 is 0 Å². The van der Waals surface area contributed by atoms with E-state index in [-0.39, 0.29) is 12.6 Å². The van der Waals surface area contributed by atoms with E-state index in [4.69, 9.17) is 10.5 Å². The Morgan fingerprint density at radius 1 is 1.38 bits per heavy atom. The Morgan fingerprint density at radius 3 is 2.71 bits per heavy atom. The number of aliphatic hydroxyl groups is 1. The summed E-state index contributed by atoms with van der Waals surface area (Å²) in [7, 11) is 0. The molecule has 0 radical (unpaired) electrons. The van der Waals surface area contributed by atoms with Crippen LogP contribution >= 0.6 is 0 Å². The number of nitrogens with two attached hydrogens (primary N) is 1. The maximum Gasteiger partial charge on any atom is 0.103 e. The van der Waals surface area contributed by atoms with Crippen LogP contribution < -0.4 is 5.73 Å². The summed E-state index contributed by atoms with van der Waals surface area (Å²) in [6, 6.07) is 10.2. The minimum Gasteiger partial charge on any atom is -0.384 e. The van der Waals surface area contributed by atoms with Gasteiger partial charge in [-0.05, 0) is 25.3 Å². The fraction of sp³-hybridized carbons (Fsp3) is 0.647. The van der Waals surface area contributed by atoms with Crippen molar-refractivity contribution in [1.29, 1.82) is 0 Å². The molecule has 0 aliphatic carbocycles. The monoisotopic (exact) mass is 292 g/mol. The number of hydrogen-bond acceptors (Lipinski definition) is 4. The van der Waals surface area contributed by atoms with Crippen LogP contribution in [0.5, 0.6) is 0 Å². The molecule has 1 aromatic rings. The first-order chi connectivity index (χ1) is 10.1. The van der Waals surface area contributed by atoms with Gasteiger partial charge in [-0.2, -0.15) is 0 Å². The Labute approximate surface area is 127 Å². The molecule has 4 heteroatoms. The van der Waals surface area contributed by atoms with Gasteiger partial charge in [0.25, 0.3) is 0 Å². The van der Waals surface area contributed by atoms with Gasteiger partial charge in [0, 0.05) is 25.7 Å². The molecule has 3 unspecified atom stereocenters. The van der Waals surface area contributed by atoms with Crippen LogP contribution in [0.1, 0.15) is 32.3 Å². The van der Waals surface area contributed by atoms with E-state index in [1.165, 1.54) is 0 Å². The molecule has 3 atom stereocenters. The van der Waals surface area contributed by atoms with Crippen LogP contribution in [0.2, 0.25) is 0 Å². The van der Waals surface area contributed by atoms with Crippen molar-refractivity contribution in [1.82, 2.24) is 4.90 Å². The van der Waals surface area contributed by atoms with E-state index in [0.717, 1.165) is 31.7 Å². The van der Waals surface area contributed by atoms with Crippen molar-refractivity contribution in [3.8, 4) is 0 Å². The van der Waals surface area contributed by atoms with Gasteiger partial charge in [0.05, 0.1) is 12.7 Å². The molecule has 1 saturated heterocycles. The number of hydrogen-bond donors (Lipinski definition) is 2. The highest BCUT2D eigenvalue weighted by atomic mass is 16.5. The molecule has 2 rings (SSSR count). The summed E-state index contributed by atoms with van der Waals surface area (Å²) >= 11 is 0. The second-order valence-corrected chi connectivity index (χ2v) is 6.05. The zero-order valence-corrected chi connectivity index (χ0v) is 13.2. The summed E-state index contributed by atoms with van der Waals surface area (Å²) in [5.74, 6) is 0. The summed E-state index contributed by atoms with van der Waals surface area (Å²) in [6.07, 6.45) is 1.98. The minimum absolute atomic E-state index is 0.244. The van der Waals surface area contributed by atoms with Crippen LogP contribution in [0.25, 0.3) is 0 Å². The maximum absolute atomic E-state index is 10.9. The Kier molecular flexibility index (Phi) is 5.76. The average Bonchev–Trinajstić information content (AvgIpc) is 2.53. The molecule has 1 aliphatic heterocycles. The molecular formula is C17H28N2O2. The van der Waals surface area contributed by atoms with E-state index in [1.807, 2.05) is 30.3 Å². The third-order valence-corrected chi connectivity index (χ3v) is 4.51. The number of morpholine rings is 1. The van der Waals surface area contributed by atoms with Gasteiger partial charge in [0.1, 0.15) is 5.60 Å². The summed E-state index contributed by atoms with van der Waals surface area (Å²) in [5.41, 5.74) is 5.82. The molecule has 0 spiro atoms. The molecule has 118 valence electrons. The van der Waals surface area contributed by atoms with E-state index in [1.54, 1.807) is 0 Å². The van der Waals surface area contributed by atoms with Crippen LogP contribution in [0, 0.1) is 0 Å². The van der Waals surface area contributed by atoms with Crippen molar-refractivity contribution in [2.24, 2.45) is 5.73 Å². The van der Waals surface area contributed by atoms with E-state index >= 15 is 0 Å². The van der Waals surface area contributed by atoms with Gasteiger partial charge < -0.3 is 15.6 Å². The van der Waals surface area contributed by atoms with Crippen molar-refractivity contribution in [2.45, 2.75) is 44.4 Å². The van der Waals surface area contributed by atoms with E-state index in [9.17, 15) is 5.11 Å². The number of rotatable bonds is 6. The molecule has 1 fully saturated rings. The number of nitrogens with zero attached hydrogens (tertiary/aromatic N) is 1. The third kappa shape index (κ3) is 4.04. The predicted molar refractivity (Wildman–Crippen MR) is 85.1 cm³/mol. The topological polar surface area (TPSA) is 58.7 Å². The average molecular weight is 292 g/mol. The van der Waals surface area contributed by atoms with E-state index < -0.39 is 5.60 Å². The van der Waals surface area contributed by atoms with Crippen LogP contribution in [-0.4, -0.2) is 48.4 Å². The summed E-state index contributed by atoms with van der Waals surface area (Å²) in [6.45, 7) is 7.08. The normalized spacial score (nSPS) is 26.5. The Morgan fingerprint density at radius 2 is 2.10 bits per heavy atom. The smallest absolute Gasteiger partial charge is 0.103 e. The lowest BCUT2D eigenvalue weighted by molar-refractivity contribution is -0.0660. The minimum atomic E-state index is -0.943. The molecule has 4 nitrogen and oxygen atoms in total. The van der Waals surface area contributed by atoms with Gasteiger partial charge in [-0.15, -0.1) is 0 Å². The maximum atomic E-state index is 10.9. The van der Waals surface area contributed by atoms with Gasteiger partial charge in [-0.3, -0.25) is 4.90 Å². The van der Waals surface area contributed by atoms with Crippen LogP contribution in [0.15, 0.2) is 30.3 Å². The van der Waals surface area contributed by atoms with Gasteiger partial charge in [0.15, 0.2) is 0 Å². The van der Waals surface area contributed by atoms with Crippen LogP contribution in [0.3, 0.4) is 0 Å². The quantitative estimate of drug-likeness (QED) is 0.838. The summed E-state index contributed by atoms with van der Waals surface area (Å²) < 4.78 is 5.73. The molecule has 0 saturated carbocycles. The molecule has 3 N–H and O–H groups in total. The standard InChI is InChI=1S/C17H28N2O2/c1-3-16-12-21-14(2)11-19(16)10-9-17(20,13-18)15-7-5-4-6-8-15/h4-8,14,16,20H,3,9-13,18H2,1-2H3. The lowest BCUT2D eigenvalue weighted by Crippen LogP contribution is -2.50. The molecule has 0 aromatic heterocycles. The fourth-order valence-electron chi connectivity index (χ4n) is 3.00. The highest BCUT2D eigenvalue weighted by Crippen LogP contribution is 2.25. The van der Waals surface area contributed by atoms with Crippen molar-refractivity contribution in [3.05, 3.63) is 35.9 Å². The predicted octanol–water partition coefficient (Wildman–Crippen LogP) is 1.72. The van der Waals surface area contributed by atoms with Gasteiger partial charge in [-0.1, -0.05) is 37.3 Å². The second kappa shape index (κ2) is 7.36. The Balaban J connectivity index is 2.02. The van der Waals surface area contributed by atoms with Gasteiger partial charge in [0.2, 0.25) is 0 Å². The summed E-state index contributed by atoms with van der Waals surface area (Å²) in [5, 5.41) is 10.9. The lowest BCUT2D eigenvalue weighted by atomic mass is 9.90. The summed E-state index contributed by atoms with van der Waals surface area (Å²) in [4.78, 5) is 2.43. The third-order valence-electron chi connectivity index (χ3n) is 4.51. The molecule has 21 heavy (non-hydrogen) atoms. The molecule has 1 aliphatic rings. The molecule has 0 amide bonds. The zero-order valence-electron chi connectivity index (χ0n) is 13.2. The molecular weight excluding hydrogens is 264 g/mol. The van der Waals surface area contributed by atoms with Gasteiger partial charge in [-0.25, -0.2) is 0 Å². The SMILES string of the molecule is CCC1COC(C)CN1CCC(O)(CN)c1ccccc1. The molecule has 1 heterocycles. The van der Waals surface area contributed by atoms with E-state index in [2.05, 4.69) is 18.7 Å². The highest BCUT2D eigenvalue weighted by Gasteiger charge is 2.31. The largest absolute Gasteiger partial charge is 0.384 e. The first kappa shape index (κ1) is 16.4. The van der Waals surface area contributed by atoms with Crippen molar-refractivity contribution in [3.63, 3.8) is 0 Å². The fourth-order valence-corrected chi connectivity index (χ4v) is 3.00. The van der Waals surface area contributed by atoms with Crippen LogP contribution in [-0.2, 0) is 10.3 Å². The second-order valence-electron chi connectivity index (χ2n) is 6.05. The first-order valence-electron chi connectivity index (χ1n) is 7.92.